The van der Waals surface area contributed by atoms with Crippen molar-refractivity contribution in [3.05, 3.63) is 0 Å². The van der Waals surface area contributed by atoms with Crippen molar-refractivity contribution in [3.8, 4) is 0 Å². The van der Waals surface area contributed by atoms with Gasteiger partial charge >= 0.3 is 6.43 Å². The van der Waals surface area contributed by atoms with Crippen LogP contribution in [-0.2, 0) is 4.79 Å². The molecular weight excluding hydrogens is 184 g/mol. The summed E-state index contributed by atoms with van der Waals surface area (Å²) in [6.07, 6.45) is -0.247. The molecule has 0 aromatic carbocycles. The Kier molecular flexibility index (Phi) is 6.06. The monoisotopic (exact) mass is 197 g/mol. The van der Waals surface area contributed by atoms with E-state index >= 15 is 0 Å². The molecule has 5 heteroatoms. The van der Waals surface area contributed by atoms with Crippen molar-refractivity contribution in [2.45, 2.75) is 25.8 Å². The number of rotatable bonds is 5. The molecule has 0 bridgehead atoms. The highest BCUT2D eigenvalue weighted by atomic mass is 32.2. The normalized spacial score (nSPS) is 13.1. The van der Waals surface area contributed by atoms with Gasteiger partial charge in [0.2, 0.25) is 0 Å². The van der Waals surface area contributed by atoms with Crippen molar-refractivity contribution in [1.29, 1.82) is 0 Å². The Bertz CT molecular complexity index is 143. The summed E-state index contributed by atoms with van der Waals surface area (Å²) in [5.41, 5.74) is 0. The molecule has 0 fully saturated rings. The van der Waals surface area contributed by atoms with Crippen LogP contribution in [0.1, 0.15) is 13.3 Å². The Morgan fingerprint density at radius 2 is 2.17 bits per heavy atom. The van der Waals surface area contributed by atoms with Crippen LogP contribution < -0.4 is 5.32 Å². The quantitative estimate of drug-likeness (QED) is 0.723. The Balaban J connectivity index is 3.54. The van der Waals surface area contributed by atoms with Crippen LogP contribution in [0, 0.1) is 0 Å². The molecule has 1 atom stereocenters. The summed E-state index contributed by atoms with van der Waals surface area (Å²) in [7, 11) is 0. The SMILES string of the molecule is CSCCC(C)NC(=O)C(F)F. The Labute approximate surface area is 75.1 Å². The third-order valence-electron chi connectivity index (χ3n) is 1.34. The fourth-order valence-electron chi connectivity index (χ4n) is 0.673. The maximum atomic E-state index is 11.7. The molecule has 72 valence electrons. The van der Waals surface area contributed by atoms with Crippen molar-refractivity contribution >= 4 is 17.7 Å². The van der Waals surface area contributed by atoms with Gasteiger partial charge in [0.25, 0.3) is 5.91 Å². The largest absolute Gasteiger partial charge is 0.349 e. The summed E-state index contributed by atoms with van der Waals surface area (Å²) in [5.74, 6) is -0.311. The fourth-order valence-corrected chi connectivity index (χ4v) is 1.26. The molecule has 0 aliphatic heterocycles. The molecule has 0 aliphatic carbocycles. The van der Waals surface area contributed by atoms with Crippen LogP contribution in [0.2, 0.25) is 0 Å². The lowest BCUT2D eigenvalue weighted by molar-refractivity contribution is -0.132. The number of carbonyl (C=O) groups excluding carboxylic acids is 1. The molecule has 1 unspecified atom stereocenters. The van der Waals surface area contributed by atoms with E-state index in [2.05, 4.69) is 5.32 Å². The van der Waals surface area contributed by atoms with Gasteiger partial charge in [0.15, 0.2) is 0 Å². The minimum Gasteiger partial charge on any atom is -0.349 e. The second-order valence-corrected chi connectivity index (χ2v) is 3.48. The van der Waals surface area contributed by atoms with Gasteiger partial charge in [-0.15, -0.1) is 0 Å². The van der Waals surface area contributed by atoms with Crippen molar-refractivity contribution < 1.29 is 13.6 Å². The molecular formula is C7H13F2NOS. The highest BCUT2D eigenvalue weighted by Crippen LogP contribution is 2.01. The highest BCUT2D eigenvalue weighted by Gasteiger charge is 2.16. The van der Waals surface area contributed by atoms with Gasteiger partial charge < -0.3 is 5.32 Å². The summed E-state index contributed by atoms with van der Waals surface area (Å²) >= 11 is 1.63. The number of alkyl halides is 2. The Hall–Kier alpha value is -0.320. The first-order valence-corrected chi connectivity index (χ1v) is 5.04. The lowest BCUT2D eigenvalue weighted by Gasteiger charge is -2.12. The zero-order valence-electron chi connectivity index (χ0n) is 7.14. The van der Waals surface area contributed by atoms with Crippen LogP contribution in [0.25, 0.3) is 0 Å². The third kappa shape index (κ3) is 5.35. The van der Waals surface area contributed by atoms with Gasteiger partial charge in [-0.05, 0) is 25.4 Å². The number of nitrogens with one attached hydrogen (secondary N) is 1. The molecule has 0 aromatic rings. The van der Waals surface area contributed by atoms with E-state index in [0.717, 1.165) is 12.2 Å². The Morgan fingerprint density at radius 1 is 1.58 bits per heavy atom. The molecule has 1 N–H and O–H groups in total. The number of hydrogen-bond acceptors (Lipinski definition) is 2. The van der Waals surface area contributed by atoms with E-state index in [1.807, 2.05) is 6.26 Å². The zero-order chi connectivity index (χ0) is 9.56. The predicted octanol–water partition coefficient (Wildman–Crippen LogP) is 1.51. The predicted molar refractivity (Wildman–Crippen MR) is 46.6 cm³/mol. The van der Waals surface area contributed by atoms with Crippen LogP contribution in [0.3, 0.4) is 0 Å². The molecule has 0 spiro atoms. The molecule has 2 nitrogen and oxygen atoms in total. The number of hydrogen-bond donors (Lipinski definition) is 1. The van der Waals surface area contributed by atoms with Crippen LogP contribution in [0.5, 0.6) is 0 Å². The second-order valence-electron chi connectivity index (χ2n) is 2.49. The number of thioether (sulfide) groups is 1. The van der Waals surface area contributed by atoms with Gasteiger partial charge in [-0.2, -0.15) is 20.5 Å². The molecule has 0 radical (unpaired) electrons. The first-order valence-electron chi connectivity index (χ1n) is 3.65. The first-order chi connectivity index (χ1) is 5.57. The summed E-state index contributed by atoms with van der Waals surface area (Å²) in [6.45, 7) is 1.72. The van der Waals surface area contributed by atoms with Crippen molar-refractivity contribution in [2.75, 3.05) is 12.0 Å². The standard InChI is InChI=1S/C7H13F2NOS/c1-5(3-4-12-2)10-7(11)6(8)9/h5-6H,3-4H2,1-2H3,(H,10,11). The van der Waals surface area contributed by atoms with Crippen LogP contribution in [-0.4, -0.2) is 30.4 Å². The molecule has 0 saturated carbocycles. The van der Waals surface area contributed by atoms with E-state index < -0.39 is 12.3 Å². The van der Waals surface area contributed by atoms with Crippen LogP contribution >= 0.6 is 11.8 Å². The second kappa shape index (κ2) is 6.22. The Morgan fingerprint density at radius 3 is 2.58 bits per heavy atom. The first kappa shape index (κ1) is 11.7. The maximum Gasteiger partial charge on any atom is 0.315 e. The van der Waals surface area contributed by atoms with Gasteiger partial charge in [0.1, 0.15) is 0 Å². The molecule has 0 heterocycles. The molecule has 0 saturated heterocycles. The summed E-state index contributed by atoms with van der Waals surface area (Å²) in [5, 5.41) is 2.21. The van der Waals surface area contributed by atoms with E-state index in [1.165, 1.54) is 0 Å². The third-order valence-corrected chi connectivity index (χ3v) is 1.99. The average molecular weight is 197 g/mol. The minimum atomic E-state index is -2.90. The minimum absolute atomic E-state index is 0.168. The van der Waals surface area contributed by atoms with E-state index in [-0.39, 0.29) is 6.04 Å². The maximum absolute atomic E-state index is 11.7. The number of carbonyl (C=O) groups is 1. The lowest BCUT2D eigenvalue weighted by atomic mass is 10.2. The van der Waals surface area contributed by atoms with Gasteiger partial charge in [-0.1, -0.05) is 0 Å². The summed E-state index contributed by atoms with van der Waals surface area (Å²) < 4.78 is 23.4. The van der Waals surface area contributed by atoms with Crippen molar-refractivity contribution in [3.63, 3.8) is 0 Å². The lowest BCUT2D eigenvalue weighted by Crippen LogP contribution is -2.36. The summed E-state index contributed by atoms with van der Waals surface area (Å²) in [4.78, 5) is 10.4. The van der Waals surface area contributed by atoms with Gasteiger partial charge in [0, 0.05) is 6.04 Å². The van der Waals surface area contributed by atoms with E-state index in [4.69, 9.17) is 0 Å². The molecule has 0 aromatic heterocycles. The van der Waals surface area contributed by atoms with Gasteiger partial charge in [0.05, 0.1) is 0 Å². The van der Waals surface area contributed by atoms with Crippen LogP contribution in [0.15, 0.2) is 0 Å². The summed E-state index contributed by atoms with van der Waals surface area (Å²) in [6, 6.07) is -0.168. The van der Waals surface area contributed by atoms with E-state index in [9.17, 15) is 13.6 Å². The zero-order valence-corrected chi connectivity index (χ0v) is 7.96. The average Bonchev–Trinajstić information content (AvgIpc) is 2.00. The topological polar surface area (TPSA) is 29.1 Å². The van der Waals surface area contributed by atoms with Crippen molar-refractivity contribution in [1.82, 2.24) is 5.32 Å². The van der Waals surface area contributed by atoms with Gasteiger partial charge in [-0.25, -0.2) is 0 Å². The number of amides is 1. The highest BCUT2D eigenvalue weighted by molar-refractivity contribution is 7.98. The molecule has 1 amide bonds. The van der Waals surface area contributed by atoms with E-state index in [0.29, 0.717) is 0 Å². The van der Waals surface area contributed by atoms with Gasteiger partial charge in [-0.3, -0.25) is 4.79 Å². The van der Waals surface area contributed by atoms with Crippen molar-refractivity contribution in [2.24, 2.45) is 0 Å². The van der Waals surface area contributed by atoms with Crippen LogP contribution in [0.4, 0.5) is 8.78 Å². The molecule has 0 aliphatic rings. The number of halogens is 2. The fraction of sp³-hybridized carbons (Fsp3) is 0.857. The van der Waals surface area contributed by atoms with E-state index in [1.54, 1.807) is 18.7 Å². The molecule has 12 heavy (non-hydrogen) atoms. The molecule has 0 rings (SSSR count). The smallest absolute Gasteiger partial charge is 0.315 e.